The van der Waals surface area contributed by atoms with E-state index in [9.17, 15) is 9.59 Å². The summed E-state index contributed by atoms with van der Waals surface area (Å²) in [5, 5.41) is 3.27. The van der Waals surface area contributed by atoms with Crippen LogP contribution in [0.3, 0.4) is 0 Å². The first-order valence-electron chi connectivity index (χ1n) is 7.27. The van der Waals surface area contributed by atoms with Gasteiger partial charge < -0.3 is 10.1 Å². The monoisotopic (exact) mass is 351 g/mol. The summed E-state index contributed by atoms with van der Waals surface area (Å²) in [5.41, 5.74) is 1.67. The predicted molar refractivity (Wildman–Crippen MR) is 93.4 cm³/mol. The van der Waals surface area contributed by atoms with Crippen molar-refractivity contribution in [3.05, 3.63) is 50.7 Å². The number of aryl methyl sites for hydroxylation is 2. The van der Waals surface area contributed by atoms with Crippen LogP contribution in [0.25, 0.3) is 0 Å². The molecule has 6 heteroatoms. The van der Waals surface area contributed by atoms with E-state index in [0.717, 1.165) is 16.9 Å². The molecule has 1 aromatic heterocycles. The number of nitrogens with one attached hydrogen (secondary N) is 1. The second kappa shape index (κ2) is 7.62. The van der Waals surface area contributed by atoms with Gasteiger partial charge in [0.15, 0.2) is 6.10 Å². The van der Waals surface area contributed by atoms with Gasteiger partial charge in [-0.3, -0.25) is 4.79 Å². The van der Waals surface area contributed by atoms with Crippen molar-refractivity contribution in [1.29, 1.82) is 0 Å². The summed E-state index contributed by atoms with van der Waals surface area (Å²) in [5.74, 6) is -0.860. The number of hydrogen-bond acceptors (Lipinski definition) is 4. The molecule has 1 heterocycles. The molecule has 1 aromatic carbocycles. The molecule has 0 aliphatic rings. The summed E-state index contributed by atoms with van der Waals surface area (Å²) < 4.78 is 5.24. The van der Waals surface area contributed by atoms with Gasteiger partial charge >= 0.3 is 5.97 Å². The van der Waals surface area contributed by atoms with Crippen LogP contribution >= 0.6 is 22.9 Å². The molecule has 2 rings (SSSR count). The number of esters is 1. The minimum absolute atomic E-state index is 0.385. The van der Waals surface area contributed by atoms with E-state index in [4.69, 9.17) is 16.3 Å². The second-order valence-corrected chi connectivity index (χ2v) is 6.69. The predicted octanol–water partition coefficient (Wildman–Crippen LogP) is 4.46. The minimum atomic E-state index is -0.884. The van der Waals surface area contributed by atoms with Crippen LogP contribution in [0.2, 0.25) is 5.02 Å². The SMILES string of the molecule is CCc1sc(C(=O)O[C@H](C)C(=O)Nc2ccc(Cl)cc2)cc1C. The fraction of sp³-hybridized carbons (Fsp3) is 0.294. The maximum Gasteiger partial charge on any atom is 0.349 e. The molecule has 0 radical (unpaired) electrons. The van der Waals surface area contributed by atoms with Crippen molar-refractivity contribution in [3.8, 4) is 0 Å². The smallest absolute Gasteiger partial charge is 0.349 e. The Balaban J connectivity index is 1.96. The fourth-order valence-corrected chi connectivity index (χ4v) is 3.14. The second-order valence-electron chi connectivity index (χ2n) is 5.11. The maximum atomic E-state index is 12.1. The standard InChI is InChI=1S/C17H18ClNO3S/c1-4-14-10(2)9-15(23-14)17(21)22-11(3)16(20)19-13-7-5-12(18)6-8-13/h5-9,11H,4H2,1-3H3,(H,19,20)/t11-/m1/s1. The Morgan fingerprint density at radius 1 is 1.30 bits per heavy atom. The molecule has 4 nitrogen and oxygen atoms in total. The highest BCUT2D eigenvalue weighted by Gasteiger charge is 2.21. The number of amides is 1. The Morgan fingerprint density at radius 3 is 2.52 bits per heavy atom. The minimum Gasteiger partial charge on any atom is -0.448 e. The molecule has 0 fully saturated rings. The van der Waals surface area contributed by atoms with Gasteiger partial charge in [-0.2, -0.15) is 0 Å². The van der Waals surface area contributed by atoms with Crippen LogP contribution in [0.4, 0.5) is 5.69 Å². The lowest BCUT2D eigenvalue weighted by molar-refractivity contribution is -0.123. The highest BCUT2D eigenvalue weighted by molar-refractivity contribution is 7.14. The lowest BCUT2D eigenvalue weighted by atomic mass is 10.2. The molecule has 0 unspecified atom stereocenters. The molecule has 0 aliphatic carbocycles. The lowest BCUT2D eigenvalue weighted by Gasteiger charge is -2.13. The number of hydrogen-bond donors (Lipinski definition) is 1. The van der Waals surface area contributed by atoms with Crippen molar-refractivity contribution in [1.82, 2.24) is 0 Å². The first-order valence-corrected chi connectivity index (χ1v) is 8.47. The third-order valence-electron chi connectivity index (χ3n) is 3.31. The first kappa shape index (κ1) is 17.5. The summed E-state index contributed by atoms with van der Waals surface area (Å²) >= 11 is 7.20. The lowest BCUT2D eigenvalue weighted by Crippen LogP contribution is -2.29. The number of halogens is 1. The highest BCUT2D eigenvalue weighted by atomic mass is 35.5. The Kier molecular flexibility index (Phi) is 5.80. The summed E-state index contributed by atoms with van der Waals surface area (Å²) in [6.45, 7) is 5.54. The van der Waals surface area contributed by atoms with Gasteiger partial charge in [-0.1, -0.05) is 18.5 Å². The molecule has 1 N–H and O–H groups in total. The zero-order chi connectivity index (χ0) is 17.0. The molecular weight excluding hydrogens is 334 g/mol. The van der Waals surface area contributed by atoms with Crippen LogP contribution in [-0.2, 0) is 16.0 Å². The van der Waals surface area contributed by atoms with E-state index in [2.05, 4.69) is 5.32 Å². The number of thiophene rings is 1. The molecule has 0 aliphatic heterocycles. The van der Waals surface area contributed by atoms with Crippen molar-refractivity contribution in [2.75, 3.05) is 5.32 Å². The highest BCUT2D eigenvalue weighted by Crippen LogP contribution is 2.23. The van der Waals surface area contributed by atoms with Crippen LogP contribution in [0.5, 0.6) is 0 Å². The van der Waals surface area contributed by atoms with Crippen LogP contribution in [-0.4, -0.2) is 18.0 Å². The molecule has 23 heavy (non-hydrogen) atoms. The zero-order valence-corrected chi connectivity index (χ0v) is 14.8. The molecule has 122 valence electrons. The molecule has 0 bridgehead atoms. The number of benzene rings is 1. The average Bonchev–Trinajstić information content (AvgIpc) is 2.90. The quantitative estimate of drug-likeness (QED) is 0.809. The average molecular weight is 352 g/mol. The fourth-order valence-electron chi connectivity index (χ4n) is 2.02. The summed E-state index contributed by atoms with van der Waals surface area (Å²) in [6, 6.07) is 8.52. The van der Waals surface area contributed by atoms with E-state index < -0.39 is 12.1 Å². The van der Waals surface area contributed by atoms with Gasteiger partial charge in [-0.25, -0.2) is 4.79 Å². The van der Waals surface area contributed by atoms with Crippen LogP contribution in [0, 0.1) is 6.92 Å². The number of rotatable bonds is 5. The van der Waals surface area contributed by atoms with E-state index in [1.165, 1.54) is 11.3 Å². The first-order chi connectivity index (χ1) is 10.9. The van der Waals surface area contributed by atoms with Crippen molar-refractivity contribution < 1.29 is 14.3 Å². The summed E-state index contributed by atoms with van der Waals surface area (Å²) in [7, 11) is 0. The normalized spacial score (nSPS) is 11.8. The molecule has 0 saturated heterocycles. The van der Waals surface area contributed by atoms with Crippen molar-refractivity contribution >= 4 is 40.5 Å². The molecule has 0 saturated carbocycles. The van der Waals surface area contributed by atoms with E-state index >= 15 is 0 Å². The third-order valence-corrected chi connectivity index (χ3v) is 4.92. The van der Waals surface area contributed by atoms with Gasteiger partial charge in [0.25, 0.3) is 5.91 Å². The van der Waals surface area contributed by atoms with Crippen LogP contribution in [0.15, 0.2) is 30.3 Å². The zero-order valence-electron chi connectivity index (χ0n) is 13.2. The summed E-state index contributed by atoms with van der Waals surface area (Å²) in [6.07, 6.45) is -0.0122. The largest absolute Gasteiger partial charge is 0.448 e. The van der Waals surface area contributed by atoms with Gasteiger partial charge in [0, 0.05) is 15.6 Å². The number of ether oxygens (including phenoxy) is 1. The van der Waals surface area contributed by atoms with E-state index in [1.807, 2.05) is 13.8 Å². The number of carbonyl (C=O) groups is 2. The van der Waals surface area contributed by atoms with Crippen molar-refractivity contribution in [3.63, 3.8) is 0 Å². The Bertz CT molecular complexity index is 709. The van der Waals surface area contributed by atoms with E-state index in [0.29, 0.717) is 15.6 Å². The topological polar surface area (TPSA) is 55.4 Å². The molecule has 0 spiro atoms. The van der Waals surface area contributed by atoms with E-state index in [-0.39, 0.29) is 5.91 Å². The van der Waals surface area contributed by atoms with Crippen molar-refractivity contribution in [2.24, 2.45) is 0 Å². The van der Waals surface area contributed by atoms with Gasteiger partial charge in [0.1, 0.15) is 4.88 Å². The third kappa shape index (κ3) is 4.56. The van der Waals surface area contributed by atoms with E-state index in [1.54, 1.807) is 37.3 Å². The van der Waals surface area contributed by atoms with Crippen LogP contribution < -0.4 is 5.32 Å². The molecule has 1 atom stereocenters. The van der Waals surface area contributed by atoms with Gasteiger partial charge in [0.05, 0.1) is 0 Å². The molecular formula is C17H18ClNO3S. The van der Waals surface area contributed by atoms with Gasteiger partial charge in [0.2, 0.25) is 0 Å². The number of carbonyl (C=O) groups excluding carboxylic acids is 2. The van der Waals surface area contributed by atoms with Crippen molar-refractivity contribution in [2.45, 2.75) is 33.3 Å². The van der Waals surface area contributed by atoms with Crippen LogP contribution in [0.1, 0.15) is 34.0 Å². The summed E-state index contributed by atoms with van der Waals surface area (Å²) in [4.78, 5) is 25.9. The maximum absolute atomic E-state index is 12.1. The molecule has 2 aromatic rings. The van der Waals surface area contributed by atoms with Gasteiger partial charge in [-0.05, 0) is 56.2 Å². The Morgan fingerprint density at radius 2 is 1.96 bits per heavy atom. The molecule has 1 amide bonds. The van der Waals surface area contributed by atoms with Gasteiger partial charge in [-0.15, -0.1) is 11.3 Å². The Hall–Kier alpha value is -1.85. The number of anilines is 1. The Labute approximate surface area is 144 Å².